The Labute approximate surface area is 156 Å². The lowest BCUT2D eigenvalue weighted by Crippen LogP contribution is -2.37. The molecule has 0 N–H and O–H groups in total. The molecule has 0 atom stereocenters. The molecule has 1 fully saturated rings. The van der Waals surface area contributed by atoms with Crippen LogP contribution in [-0.2, 0) is 4.74 Å². The van der Waals surface area contributed by atoms with Gasteiger partial charge in [0, 0.05) is 13.1 Å². The zero-order valence-electron chi connectivity index (χ0n) is 14.3. The fourth-order valence-corrected chi connectivity index (χ4v) is 3.23. The molecule has 0 saturated carbocycles. The number of halogens is 1. The van der Waals surface area contributed by atoms with Crippen molar-refractivity contribution in [1.29, 1.82) is 0 Å². The van der Waals surface area contributed by atoms with Crippen LogP contribution in [0.5, 0.6) is 0 Å². The lowest BCUT2D eigenvalue weighted by Gasteiger charge is -2.29. The predicted octanol–water partition coefficient (Wildman–Crippen LogP) is 3.73. The van der Waals surface area contributed by atoms with E-state index in [0.717, 1.165) is 35.8 Å². The van der Waals surface area contributed by atoms with Gasteiger partial charge in [-0.05, 0) is 30.7 Å². The molecule has 1 aliphatic rings. The molecule has 2 aromatic heterocycles. The van der Waals surface area contributed by atoms with Gasteiger partial charge in [0.15, 0.2) is 0 Å². The van der Waals surface area contributed by atoms with Crippen LogP contribution < -0.4 is 9.80 Å². The molecule has 0 aliphatic carbocycles. The number of hydrogen-bond donors (Lipinski definition) is 0. The van der Waals surface area contributed by atoms with Crippen LogP contribution in [0.15, 0.2) is 47.3 Å². The summed E-state index contributed by atoms with van der Waals surface area (Å²) in [6.45, 7) is 4.94. The van der Waals surface area contributed by atoms with Gasteiger partial charge in [-0.2, -0.15) is 0 Å². The topological polar surface area (TPSA) is 67.5 Å². The van der Waals surface area contributed by atoms with E-state index in [0.29, 0.717) is 24.3 Å². The summed E-state index contributed by atoms with van der Waals surface area (Å²) < 4.78 is 10.8. The fraction of sp³-hybridized carbons (Fsp3) is 0.278. The molecular weight excluding hydrogens is 354 g/mol. The highest BCUT2D eigenvalue weighted by Gasteiger charge is 2.21. The van der Waals surface area contributed by atoms with E-state index in [1.54, 1.807) is 6.20 Å². The minimum Gasteiger partial charge on any atom is -0.410 e. The third-order valence-corrected chi connectivity index (χ3v) is 4.45. The van der Waals surface area contributed by atoms with Gasteiger partial charge in [0.05, 0.1) is 35.8 Å². The summed E-state index contributed by atoms with van der Waals surface area (Å²) in [5, 5.41) is 8.42. The molecule has 7 nitrogen and oxygen atoms in total. The first-order valence-corrected chi connectivity index (χ1v) is 8.71. The van der Waals surface area contributed by atoms with Gasteiger partial charge < -0.3 is 14.1 Å². The van der Waals surface area contributed by atoms with Crippen LogP contribution in [0.3, 0.4) is 0 Å². The first kappa shape index (κ1) is 16.8. The number of ether oxygens (including phenoxy) is 1. The Balaban J connectivity index is 1.73. The van der Waals surface area contributed by atoms with E-state index in [1.165, 1.54) is 6.39 Å². The van der Waals surface area contributed by atoms with Gasteiger partial charge in [0.1, 0.15) is 5.82 Å². The van der Waals surface area contributed by atoms with Crippen LogP contribution in [0.1, 0.15) is 5.56 Å². The van der Waals surface area contributed by atoms with E-state index in [-0.39, 0.29) is 0 Å². The normalized spacial score (nSPS) is 14.5. The molecule has 0 unspecified atom stereocenters. The van der Waals surface area contributed by atoms with Crippen LogP contribution in [0.25, 0.3) is 0 Å². The lowest BCUT2D eigenvalue weighted by molar-refractivity contribution is 0.122. The van der Waals surface area contributed by atoms with E-state index in [9.17, 15) is 0 Å². The molecule has 134 valence electrons. The van der Waals surface area contributed by atoms with E-state index in [2.05, 4.69) is 20.1 Å². The second kappa shape index (κ2) is 7.31. The average molecular weight is 372 g/mol. The SMILES string of the molecule is Cc1cccc(N(c2cnc(N3CCOCC3)c(Cl)c2)c2nnco2)c1. The zero-order chi connectivity index (χ0) is 17.9. The molecule has 0 bridgehead atoms. The summed E-state index contributed by atoms with van der Waals surface area (Å²) in [5.74, 6) is 0.758. The van der Waals surface area contributed by atoms with Crippen molar-refractivity contribution in [3.63, 3.8) is 0 Å². The number of rotatable bonds is 4. The second-order valence-electron chi connectivity index (χ2n) is 5.99. The summed E-state index contributed by atoms with van der Waals surface area (Å²) in [4.78, 5) is 8.55. The summed E-state index contributed by atoms with van der Waals surface area (Å²) in [7, 11) is 0. The van der Waals surface area contributed by atoms with Crippen LogP contribution in [0.2, 0.25) is 5.02 Å². The maximum atomic E-state index is 6.55. The highest BCUT2D eigenvalue weighted by molar-refractivity contribution is 6.33. The third kappa shape index (κ3) is 3.36. The molecule has 0 amide bonds. The summed E-state index contributed by atoms with van der Waals surface area (Å²) in [6, 6.07) is 10.2. The fourth-order valence-electron chi connectivity index (χ4n) is 2.95. The van der Waals surface area contributed by atoms with Crippen LogP contribution >= 0.6 is 11.6 Å². The van der Waals surface area contributed by atoms with Crippen molar-refractivity contribution >= 4 is 34.8 Å². The van der Waals surface area contributed by atoms with Crippen LogP contribution in [0, 0.1) is 6.92 Å². The predicted molar refractivity (Wildman–Crippen MR) is 99.6 cm³/mol. The third-order valence-electron chi connectivity index (χ3n) is 4.18. The van der Waals surface area contributed by atoms with Gasteiger partial charge >= 0.3 is 6.01 Å². The molecule has 8 heteroatoms. The average Bonchev–Trinajstić information content (AvgIpc) is 3.17. The Bertz CT molecular complexity index is 881. The number of aryl methyl sites for hydroxylation is 1. The van der Waals surface area contributed by atoms with E-state index < -0.39 is 0 Å². The summed E-state index contributed by atoms with van der Waals surface area (Å²) in [5.41, 5.74) is 2.77. The minimum atomic E-state index is 0.354. The molecule has 26 heavy (non-hydrogen) atoms. The summed E-state index contributed by atoms with van der Waals surface area (Å²) >= 11 is 6.55. The number of hydrogen-bond acceptors (Lipinski definition) is 7. The second-order valence-corrected chi connectivity index (χ2v) is 6.40. The number of benzene rings is 1. The molecular formula is C18H18ClN5O2. The maximum Gasteiger partial charge on any atom is 0.327 e. The van der Waals surface area contributed by atoms with Gasteiger partial charge in [-0.15, -0.1) is 5.10 Å². The monoisotopic (exact) mass is 371 g/mol. The molecule has 3 aromatic rings. The van der Waals surface area contributed by atoms with Gasteiger partial charge in [-0.25, -0.2) is 4.98 Å². The van der Waals surface area contributed by atoms with Crippen molar-refractivity contribution in [3.05, 3.63) is 53.5 Å². The van der Waals surface area contributed by atoms with E-state index in [4.69, 9.17) is 20.8 Å². The van der Waals surface area contributed by atoms with E-state index in [1.807, 2.05) is 42.2 Å². The minimum absolute atomic E-state index is 0.354. The summed E-state index contributed by atoms with van der Waals surface area (Å²) in [6.07, 6.45) is 3.07. The molecule has 1 aromatic carbocycles. The van der Waals surface area contributed by atoms with Crippen molar-refractivity contribution in [2.75, 3.05) is 36.1 Å². The largest absolute Gasteiger partial charge is 0.410 e. The molecule has 3 heterocycles. The lowest BCUT2D eigenvalue weighted by atomic mass is 10.2. The Morgan fingerprint density at radius 2 is 2.00 bits per heavy atom. The quantitative estimate of drug-likeness (QED) is 0.692. The first-order chi connectivity index (χ1) is 12.7. The Hall–Kier alpha value is -2.64. The number of morpholine rings is 1. The smallest absolute Gasteiger partial charge is 0.327 e. The Kier molecular flexibility index (Phi) is 4.73. The Morgan fingerprint density at radius 1 is 1.15 bits per heavy atom. The van der Waals surface area contributed by atoms with Gasteiger partial charge in [0.2, 0.25) is 6.39 Å². The van der Waals surface area contributed by atoms with Crippen molar-refractivity contribution in [2.24, 2.45) is 0 Å². The highest BCUT2D eigenvalue weighted by atomic mass is 35.5. The van der Waals surface area contributed by atoms with Gasteiger partial charge in [-0.1, -0.05) is 28.8 Å². The van der Waals surface area contributed by atoms with Crippen molar-refractivity contribution in [2.45, 2.75) is 6.92 Å². The standard InChI is InChI=1S/C18H18ClN5O2/c1-13-3-2-4-14(9-13)24(18-22-21-12-26-18)15-10-16(19)17(20-11-15)23-5-7-25-8-6-23/h2-4,9-12H,5-8H2,1H3. The zero-order valence-corrected chi connectivity index (χ0v) is 15.1. The van der Waals surface area contributed by atoms with Crippen LogP contribution in [-0.4, -0.2) is 41.5 Å². The van der Waals surface area contributed by atoms with Crippen molar-refractivity contribution in [1.82, 2.24) is 15.2 Å². The number of anilines is 4. The van der Waals surface area contributed by atoms with E-state index >= 15 is 0 Å². The maximum absolute atomic E-state index is 6.55. The number of pyridine rings is 1. The van der Waals surface area contributed by atoms with Crippen molar-refractivity contribution < 1.29 is 9.15 Å². The molecule has 0 spiro atoms. The van der Waals surface area contributed by atoms with Crippen molar-refractivity contribution in [3.8, 4) is 0 Å². The molecule has 1 aliphatic heterocycles. The Morgan fingerprint density at radius 3 is 2.69 bits per heavy atom. The van der Waals surface area contributed by atoms with Gasteiger partial charge in [-0.3, -0.25) is 4.90 Å². The van der Waals surface area contributed by atoms with Crippen LogP contribution in [0.4, 0.5) is 23.2 Å². The molecule has 0 radical (unpaired) electrons. The highest BCUT2D eigenvalue weighted by Crippen LogP contribution is 2.36. The number of nitrogens with zero attached hydrogens (tertiary/aromatic N) is 5. The number of aromatic nitrogens is 3. The molecule has 4 rings (SSSR count). The molecule has 1 saturated heterocycles. The van der Waals surface area contributed by atoms with Gasteiger partial charge in [0.25, 0.3) is 0 Å². The first-order valence-electron chi connectivity index (χ1n) is 8.33.